The number of halogens is 1. The Morgan fingerprint density at radius 1 is 1.56 bits per heavy atom. The van der Waals surface area contributed by atoms with Crippen molar-refractivity contribution in [2.45, 2.75) is 17.4 Å². The largest absolute Gasteiger partial charge is 0.392 e. The number of hydrogen-bond acceptors (Lipinski definition) is 4. The second-order valence-corrected chi connectivity index (χ2v) is 5.93. The van der Waals surface area contributed by atoms with Gasteiger partial charge in [0.2, 0.25) is 10.0 Å². The summed E-state index contributed by atoms with van der Waals surface area (Å²) >= 11 is 5.82. The van der Waals surface area contributed by atoms with Gasteiger partial charge in [-0.2, -0.15) is 4.31 Å². The van der Waals surface area contributed by atoms with Crippen LogP contribution >= 0.6 is 11.6 Å². The fourth-order valence-corrected chi connectivity index (χ4v) is 3.52. The Bertz CT molecular complexity index is 491. The van der Waals surface area contributed by atoms with E-state index >= 15 is 0 Å². The highest BCUT2D eigenvalue weighted by Gasteiger charge is 2.32. The minimum atomic E-state index is -3.62. The highest BCUT2D eigenvalue weighted by atomic mass is 35.5. The molecule has 1 aromatic heterocycles. The van der Waals surface area contributed by atoms with Crippen LogP contribution in [0.15, 0.2) is 23.4 Å². The van der Waals surface area contributed by atoms with E-state index in [9.17, 15) is 13.5 Å². The van der Waals surface area contributed by atoms with Crippen LogP contribution in [-0.4, -0.2) is 42.0 Å². The van der Waals surface area contributed by atoms with Crippen LogP contribution < -0.4 is 0 Å². The second-order valence-electron chi connectivity index (χ2n) is 3.61. The Kier molecular flexibility index (Phi) is 3.16. The number of nitrogens with zero attached hydrogens (tertiary/aromatic N) is 2. The standard InChI is InChI=1S/C9H11ClN2O3S/c10-8-1-3-11-5-9(8)16(14,15)12-4-2-7(13)6-12/h1,3,5,7,13H,2,4,6H2. The van der Waals surface area contributed by atoms with Crippen molar-refractivity contribution in [3.05, 3.63) is 23.5 Å². The van der Waals surface area contributed by atoms with Crippen LogP contribution in [0.5, 0.6) is 0 Å². The molecule has 1 unspecified atom stereocenters. The fourth-order valence-electron chi connectivity index (χ4n) is 1.62. The molecule has 0 saturated carbocycles. The Balaban J connectivity index is 2.36. The van der Waals surface area contributed by atoms with E-state index in [0.717, 1.165) is 0 Å². The van der Waals surface area contributed by atoms with Crippen molar-refractivity contribution in [1.29, 1.82) is 0 Å². The maximum Gasteiger partial charge on any atom is 0.246 e. The third-order valence-electron chi connectivity index (χ3n) is 2.48. The number of β-amino-alcohol motifs (C(OH)–C–C–N with tert-alkyl or cyclic N) is 1. The topological polar surface area (TPSA) is 70.5 Å². The molecule has 5 nitrogen and oxygen atoms in total. The molecule has 0 aromatic carbocycles. The van der Waals surface area contributed by atoms with E-state index < -0.39 is 16.1 Å². The molecule has 0 aliphatic carbocycles. The summed E-state index contributed by atoms with van der Waals surface area (Å²) in [5.74, 6) is 0. The fraction of sp³-hybridized carbons (Fsp3) is 0.444. The highest BCUT2D eigenvalue weighted by molar-refractivity contribution is 7.89. The van der Waals surface area contributed by atoms with Crippen LogP contribution in [0.2, 0.25) is 5.02 Å². The van der Waals surface area contributed by atoms with Crippen molar-refractivity contribution in [3.63, 3.8) is 0 Å². The first kappa shape index (κ1) is 11.8. The van der Waals surface area contributed by atoms with Gasteiger partial charge in [0, 0.05) is 25.5 Å². The zero-order valence-corrected chi connectivity index (χ0v) is 9.95. The molecule has 88 valence electrons. The number of sulfonamides is 1. The van der Waals surface area contributed by atoms with E-state index in [1.165, 1.54) is 22.8 Å². The van der Waals surface area contributed by atoms with Gasteiger partial charge in [-0.1, -0.05) is 11.6 Å². The molecule has 1 atom stereocenters. The summed E-state index contributed by atoms with van der Waals surface area (Å²) in [4.78, 5) is 3.74. The number of aromatic nitrogens is 1. The van der Waals surface area contributed by atoms with E-state index in [1.54, 1.807) is 0 Å². The van der Waals surface area contributed by atoms with Crippen LogP contribution in [0.3, 0.4) is 0 Å². The van der Waals surface area contributed by atoms with Crippen LogP contribution in [0.4, 0.5) is 0 Å². The minimum absolute atomic E-state index is 0.00855. The van der Waals surface area contributed by atoms with Gasteiger partial charge in [0.25, 0.3) is 0 Å². The molecule has 7 heteroatoms. The summed E-state index contributed by atoms with van der Waals surface area (Å²) in [5.41, 5.74) is 0. The Labute approximate surface area is 98.7 Å². The molecule has 16 heavy (non-hydrogen) atoms. The monoisotopic (exact) mass is 262 g/mol. The van der Waals surface area contributed by atoms with E-state index in [4.69, 9.17) is 11.6 Å². The van der Waals surface area contributed by atoms with Crippen LogP contribution in [-0.2, 0) is 10.0 Å². The lowest BCUT2D eigenvalue weighted by atomic mass is 10.3. The smallest absolute Gasteiger partial charge is 0.246 e. The predicted octanol–water partition coefficient (Wildman–Crippen LogP) is 0.490. The van der Waals surface area contributed by atoms with Crippen molar-refractivity contribution >= 4 is 21.6 Å². The highest BCUT2D eigenvalue weighted by Crippen LogP contribution is 2.25. The third kappa shape index (κ3) is 2.06. The molecular weight excluding hydrogens is 252 g/mol. The second kappa shape index (κ2) is 4.29. The third-order valence-corrected chi connectivity index (χ3v) is 4.81. The summed E-state index contributed by atoms with van der Waals surface area (Å²) in [6, 6.07) is 1.43. The average molecular weight is 263 g/mol. The van der Waals surface area contributed by atoms with Gasteiger partial charge in [0.15, 0.2) is 0 Å². The summed E-state index contributed by atoms with van der Waals surface area (Å²) < 4.78 is 25.4. The minimum Gasteiger partial charge on any atom is -0.392 e. The van der Waals surface area contributed by atoms with Crippen molar-refractivity contribution in [3.8, 4) is 0 Å². The van der Waals surface area contributed by atoms with E-state index in [2.05, 4.69) is 4.98 Å². The van der Waals surface area contributed by atoms with Gasteiger partial charge < -0.3 is 5.11 Å². The van der Waals surface area contributed by atoms with Gasteiger partial charge in [-0.15, -0.1) is 0 Å². The lowest BCUT2D eigenvalue weighted by molar-refractivity contribution is 0.189. The van der Waals surface area contributed by atoms with Gasteiger partial charge in [-0.25, -0.2) is 8.42 Å². The first-order chi connectivity index (χ1) is 7.51. The molecule has 1 aliphatic rings. The predicted molar refractivity (Wildman–Crippen MR) is 58.6 cm³/mol. The zero-order valence-electron chi connectivity index (χ0n) is 8.38. The number of rotatable bonds is 2. The lowest BCUT2D eigenvalue weighted by Crippen LogP contribution is -2.30. The molecule has 2 heterocycles. The van der Waals surface area contributed by atoms with Gasteiger partial charge in [-0.05, 0) is 12.5 Å². The van der Waals surface area contributed by atoms with Gasteiger partial charge in [-0.3, -0.25) is 4.98 Å². The number of aliphatic hydroxyl groups excluding tert-OH is 1. The molecule has 1 saturated heterocycles. The molecule has 0 bridgehead atoms. The lowest BCUT2D eigenvalue weighted by Gasteiger charge is -2.15. The maximum atomic E-state index is 12.1. The first-order valence-corrected chi connectivity index (χ1v) is 6.61. The van der Waals surface area contributed by atoms with Gasteiger partial charge in [0.05, 0.1) is 11.1 Å². The summed E-state index contributed by atoms with van der Waals surface area (Å²) in [6.07, 6.45) is 2.52. The molecule has 0 spiro atoms. The number of aliphatic hydroxyl groups is 1. The van der Waals surface area contributed by atoms with Crippen LogP contribution in [0, 0.1) is 0 Å². The summed E-state index contributed by atoms with van der Waals surface area (Å²) in [6.45, 7) is 0.433. The molecule has 2 rings (SSSR count). The Morgan fingerprint density at radius 2 is 2.31 bits per heavy atom. The first-order valence-electron chi connectivity index (χ1n) is 4.79. The number of hydrogen-bond donors (Lipinski definition) is 1. The van der Waals surface area contributed by atoms with Crippen molar-refractivity contribution in [1.82, 2.24) is 9.29 Å². The molecule has 1 N–H and O–H groups in total. The molecular formula is C9H11ClN2O3S. The molecule has 0 amide bonds. The maximum absolute atomic E-state index is 12.1. The van der Waals surface area contributed by atoms with Crippen LogP contribution in [0.25, 0.3) is 0 Å². The molecule has 1 aliphatic heterocycles. The quantitative estimate of drug-likeness (QED) is 0.842. The van der Waals surface area contributed by atoms with Gasteiger partial charge >= 0.3 is 0 Å². The van der Waals surface area contributed by atoms with E-state index in [-0.39, 0.29) is 16.5 Å². The number of pyridine rings is 1. The van der Waals surface area contributed by atoms with E-state index in [1.807, 2.05) is 0 Å². The van der Waals surface area contributed by atoms with Crippen molar-refractivity contribution in [2.24, 2.45) is 0 Å². The summed E-state index contributed by atoms with van der Waals surface area (Å²) in [7, 11) is -3.62. The van der Waals surface area contributed by atoms with Gasteiger partial charge in [0.1, 0.15) is 4.90 Å². The zero-order chi connectivity index (χ0) is 11.8. The Morgan fingerprint density at radius 3 is 2.88 bits per heavy atom. The van der Waals surface area contributed by atoms with Crippen molar-refractivity contribution in [2.75, 3.05) is 13.1 Å². The average Bonchev–Trinajstić information content (AvgIpc) is 2.66. The Hall–Kier alpha value is -0.690. The van der Waals surface area contributed by atoms with E-state index in [0.29, 0.717) is 13.0 Å². The normalized spacial score (nSPS) is 22.5. The van der Waals surface area contributed by atoms with Crippen LogP contribution in [0.1, 0.15) is 6.42 Å². The molecule has 1 fully saturated rings. The molecule has 1 aromatic rings. The van der Waals surface area contributed by atoms with Crippen molar-refractivity contribution < 1.29 is 13.5 Å². The summed E-state index contributed by atoms with van der Waals surface area (Å²) in [5, 5.41) is 9.47. The molecule has 0 radical (unpaired) electrons. The SMILES string of the molecule is O=S(=O)(c1cnccc1Cl)N1CCC(O)C1.